The Morgan fingerprint density at radius 1 is 1.35 bits per heavy atom. The summed E-state index contributed by atoms with van der Waals surface area (Å²) < 4.78 is 37.7. The number of sulfone groups is 1. The standard InChI is InChI=1S/C15H18FNO5S/c1-10(23(21,22)12-6-4-11(16)5-7-12)9-14(18)17-8-2-3-13(17)15(19)20/h4-7,10,13H,2-3,8-9H2,1H3,(H,19,20)/t10?,13-/m0/s1. The van der Waals surface area contributed by atoms with Crippen molar-refractivity contribution in [1.29, 1.82) is 0 Å². The lowest BCUT2D eigenvalue weighted by Crippen LogP contribution is -2.42. The Morgan fingerprint density at radius 2 is 1.96 bits per heavy atom. The minimum atomic E-state index is -3.78. The maximum Gasteiger partial charge on any atom is 0.326 e. The van der Waals surface area contributed by atoms with Crippen LogP contribution in [0.15, 0.2) is 29.2 Å². The number of aliphatic carboxylic acids is 1. The van der Waals surface area contributed by atoms with E-state index in [1.807, 2.05) is 0 Å². The number of carbonyl (C=O) groups excluding carboxylic acids is 1. The lowest BCUT2D eigenvalue weighted by molar-refractivity contribution is -0.148. The number of amides is 1. The Bertz CT molecular complexity index is 701. The first kappa shape index (κ1) is 17.4. The van der Waals surface area contributed by atoms with Gasteiger partial charge in [-0.3, -0.25) is 4.79 Å². The molecule has 1 fully saturated rings. The first-order chi connectivity index (χ1) is 10.7. The molecule has 0 saturated carbocycles. The van der Waals surface area contributed by atoms with Gasteiger partial charge in [0.1, 0.15) is 11.9 Å². The van der Waals surface area contributed by atoms with Crippen molar-refractivity contribution in [3.05, 3.63) is 30.1 Å². The highest BCUT2D eigenvalue weighted by Crippen LogP contribution is 2.23. The van der Waals surface area contributed by atoms with E-state index < -0.39 is 38.8 Å². The third kappa shape index (κ3) is 3.69. The van der Waals surface area contributed by atoms with Gasteiger partial charge in [-0.05, 0) is 44.0 Å². The Hall–Kier alpha value is -1.96. The smallest absolute Gasteiger partial charge is 0.326 e. The SMILES string of the molecule is CC(CC(=O)N1CCC[C@H]1C(=O)O)S(=O)(=O)c1ccc(F)cc1. The average molecular weight is 343 g/mol. The molecule has 1 aliphatic heterocycles. The van der Waals surface area contributed by atoms with Crippen LogP contribution in [0, 0.1) is 5.82 Å². The van der Waals surface area contributed by atoms with E-state index >= 15 is 0 Å². The molecule has 0 radical (unpaired) electrons. The minimum absolute atomic E-state index is 0.0598. The predicted molar refractivity (Wildman–Crippen MR) is 80.0 cm³/mol. The molecule has 126 valence electrons. The fraction of sp³-hybridized carbons (Fsp3) is 0.467. The molecular formula is C15H18FNO5S. The van der Waals surface area contributed by atoms with Gasteiger partial charge in [-0.15, -0.1) is 0 Å². The van der Waals surface area contributed by atoms with Gasteiger partial charge in [0.15, 0.2) is 9.84 Å². The number of benzene rings is 1. The molecule has 23 heavy (non-hydrogen) atoms. The molecule has 1 unspecified atom stereocenters. The van der Waals surface area contributed by atoms with Crippen molar-refractivity contribution in [1.82, 2.24) is 4.90 Å². The molecule has 1 saturated heterocycles. The number of halogens is 1. The molecule has 0 spiro atoms. The molecule has 2 rings (SSSR count). The molecule has 8 heteroatoms. The molecule has 0 aromatic heterocycles. The number of carboxylic acid groups (broad SMARTS) is 1. The number of carboxylic acids is 1. The van der Waals surface area contributed by atoms with Crippen LogP contribution in [0.3, 0.4) is 0 Å². The molecule has 6 nitrogen and oxygen atoms in total. The van der Waals surface area contributed by atoms with Gasteiger partial charge >= 0.3 is 5.97 Å². The molecule has 1 aromatic carbocycles. The highest BCUT2D eigenvalue weighted by atomic mass is 32.2. The second-order valence-electron chi connectivity index (χ2n) is 5.60. The zero-order chi connectivity index (χ0) is 17.2. The summed E-state index contributed by atoms with van der Waals surface area (Å²) >= 11 is 0. The van der Waals surface area contributed by atoms with E-state index in [4.69, 9.17) is 5.11 Å². The summed E-state index contributed by atoms with van der Waals surface area (Å²) in [5, 5.41) is 8.06. The number of rotatable bonds is 5. The van der Waals surface area contributed by atoms with E-state index in [-0.39, 0.29) is 11.3 Å². The monoisotopic (exact) mass is 343 g/mol. The quantitative estimate of drug-likeness (QED) is 0.817. The van der Waals surface area contributed by atoms with Gasteiger partial charge < -0.3 is 10.0 Å². The average Bonchev–Trinajstić information content (AvgIpc) is 2.97. The van der Waals surface area contributed by atoms with Crippen molar-refractivity contribution in [2.45, 2.75) is 42.4 Å². The molecule has 1 N–H and O–H groups in total. The Morgan fingerprint density at radius 3 is 2.52 bits per heavy atom. The van der Waals surface area contributed by atoms with Crippen LogP contribution in [0.25, 0.3) is 0 Å². The number of nitrogens with zero attached hydrogens (tertiary/aromatic N) is 1. The third-order valence-corrected chi connectivity index (χ3v) is 6.15. The van der Waals surface area contributed by atoms with Crippen LogP contribution in [0.5, 0.6) is 0 Å². The van der Waals surface area contributed by atoms with Crippen molar-refractivity contribution in [2.24, 2.45) is 0 Å². The fourth-order valence-electron chi connectivity index (χ4n) is 2.65. The summed E-state index contributed by atoms with van der Waals surface area (Å²) in [6, 6.07) is 3.51. The topological polar surface area (TPSA) is 91.8 Å². The molecule has 1 heterocycles. The predicted octanol–water partition coefficient (Wildman–Crippen LogP) is 1.45. The van der Waals surface area contributed by atoms with Crippen molar-refractivity contribution < 1.29 is 27.5 Å². The first-order valence-electron chi connectivity index (χ1n) is 7.25. The van der Waals surface area contributed by atoms with E-state index in [1.165, 1.54) is 11.8 Å². The van der Waals surface area contributed by atoms with Gasteiger partial charge in [-0.1, -0.05) is 0 Å². The van der Waals surface area contributed by atoms with Gasteiger partial charge in [0.25, 0.3) is 0 Å². The summed E-state index contributed by atoms with van der Waals surface area (Å²) in [7, 11) is -3.78. The largest absolute Gasteiger partial charge is 0.480 e. The summed E-state index contributed by atoms with van der Waals surface area (Å²) in [6.07, 6.45) is 0.658. The second-order valence-corrected chi connectivity index (χ2v) is 7.96. The van der Waals surface area contributed by atoms with E-state index in [0.29, 0.717) is 19.4 Å². The van der Waals surface area contributed by atoms with Gasteiger partial charge in [0.05, 0.1) is 10.1 Å². The molecule has 0 bridgehead atoms. The zero-order valence-corrected chi connectivity index (χ0v) is 13.4. The first-order valence-corrected chi connectivity index (χ1v) is 8.80. The second kappa shape index (κ2) is 6.66. The fourth-order valence-corrected chi connectivity index (χ4v) is 3.99. The van der Waals surface area contributed by atoms with Crippen LogP contribution in [0.1, 0.15) is 26.2 Å². The van der Waals surface area contributed by atoms with Crippen LogP contribution in [-0.2, 0) is 19.4 Å². The molecule has 1 aromatic rings. The Balaban J connectivity index is 2.11. The lowest BCUT2D eigenvalue weighted by Gasteiger charge is -2.23. The lowest BCUT2D eigenvalue weighted by atomic mass is 10.2. The van der Waals surface area contributed by atoms with Crippen molar-refractivity contribution in [3.63, 3.8) is 0 Å². The van der Waals surface area contributed by atoms with Gasteiger partial charge in [-0.2, -0.15) is 0 Å². The van der Waals surface area contributed by atoms with E-state index in [2.05, 4.69) is 0 Å². The van der Waals surface area contributed by atoms with Gasteiger partial charge in [-0.25, -0.2) is 17.6 Å². The molecule has 1 amide bonds. The number of hydrogen-bond donors (Lipinski definition) is 1. The maximum absolute atomic E-state index is 12.9. The molecule has 0 aliphatic carbocycles. The van der Waals surface area contributed by atoms with E-state index in [1.54, 1.807) is 0 Å². The van der Waals surface area contributed by atoms with Crippen LogP contribution >= 0.6 is 0 Å². The van der Waals surface area contributed by atoms with Gasteiger partial charge in [0, 0.05) is 13.0 Å². The van der Waals surface area contributed by atoms with Crippen molar-refractivity contribution in [2.75, 3.05) is 6.54 Å². The number of carbonyl (C=O) groups is 2. The molecule has 2 atom stereocenters. The van der Waals surface area contributed by atoms with Gasteiger partial charge in [0.2, 0.25) is 5.91 Å². The molecule has 1 aliphatic rings. The third-order valence-electron chi connectivity index (χ3n) is 3.99. The highest BCUT2D eigenvalue weighted by Gasteiger charge is 2.36. The Kier molecular flexibility index (Phi) is 5.03. The Labute approximate surface area is 133 Å². The van der Waals surface area contributed by atoms with Crippen LogP contribution in [0.4, 0.5) is 4.39 Å². The maximum atomic E-state index is 12.9. The van der Waals surface area contributed by atoms with Crippen molar-refractivity contribution >= 4 is 21.7 Å². The number of hydrogen-bond acceptors (Lipinski definition) is 4. The molecular weight excluding hydrogens is 325 g/mol. The normalized spacial score (nSPS) is 19.6. The summed E-state index contributed by atoms with van der Waals surface area (Å²) in [5.74, 6) is -2.12. The summed E-state index contributed by atoms with van der Waals surface area (Å²) in [6.45, 7) is 1.71. The zero-order valence-electron chi connectivity index (χ0n) is 12.6. The van der Waals surface area contributed by atoms with Crippen LogP contribution in [0.2, 0.25) is 0 Å². The van der Waals surface area contributed by atoms with Crippen molar-refractivity contribution in [3.8, 4) is 0 Å². The van der Waals surface area contributed by atoms with E-state index in [9.17, 15) is 22.4 Å². The van der Waals surface area contributed by atoms with E-state index in [0.717, 1.165) is 24.3 Å². The van der Waals surface area contributed by atoms with Crippen LogP contribution < -0.4 is 0 Å². The van der Waals surface area contributed by atoms with Crippen LogP contribution in [-0.4, -0.2) is 48.1 Å². The number of likely N-dealkylation sites (tertiary alicyclic amines) is 1. The summed E-state index contributed by atoms with van der Waals surface area (Å²) in [5.41, 5.74) is 0. The highest BCUT2D eigenvalue weighted by molar-refractivity contribution is 7.92. The summed E-state index contributed by atoms with van der Waals surface area (Å²) in [4.78, 5) is 24.5. The minimum Gasteiger partial charge on any atom is -0.480 e.